The normalized spacial score (nSPS) is 10.7. The van der Waals surface area contributed by atoms with E-state index in [-0.39, 0.29) is 0 Å². The third-order valence-electron chi connectivity index (χ3n) is 3.29. The van der Waals surface area contributed by atoms with Gasteiger partial charge in [-0.05, 0) is 12.8 Å². The highest BCUT2D eigenvalue weighted by atomic mass is 16.5. The lowest BCUT2D eigenvalue weighted by molar-refractivity contribution is 0.176. The zero-order valence-corrected chi connectivity index (χ0v) is 14.2. The number of hydrogen-bond donors (Lipinski definition) is 2. The van der Waals surface area contributed by atoms with Gasteiger partial charge in [0, 0.05) is 13.7 Å². The molecule has 0 unspecified atom stereocenters. The van der Waals surface area contributed by atoms with Gasteiger partial charge in [-0.3, -0.25) is 0 Å². The maximum absolute atomic E-state index is 6.12. The van der Waals surface area contributed by atoms with Crippen molar-refractivity contribution in [2.45, 2.75) is 59.0 Å². The van der Waals surface area contributed by atoms with Crippen LogP contribution < -0.4 is 15.8 Å². The molecule has 0 radical (unpaired) electrons. The lowest BCUT2D eigenvalue weighted by Crippen LogP contribution is -2.12. The average Bonchev–Trinajstić information content (AvgIpc) is 2.51. The minimum atomic E-state index is 0.342. The number of anilines is 2. The number of nitrogen functional groups attached to an aromatic ring is 1. The fraction of sp³-hybridized carbons (Fsp3) is 0.750. The Kier molecular flexibility index (Phi) is 9.30. The summed E-state index contributed by atoms with van der Waals surface area (Å²) in [4.78, 5) is 8.75. The number of aromatic nitrogens is 2. The predicted molar refractivity (Wildman–Crippen MR) is 90.2 cm³/mol. The molecule has 0 saturated carbocycles. The molecule has 0 aliphatic heterocycles. The molecule has 0 aliphatic carbocycles. The first-order chi connectivity index (χ1) is 10.7. The van der Waals surface area contributed by atoms with E-state index < -0.39 is 0 Å². The van der Waals surface area contributed by atoms with E-state index in [1.54, 1.807) is 7.11 Å². The van der Waals surface area contributed by atoms with E-state index in [0.717, 1.165) is 25.8 Å². The summed E-state index contributed by atoms with van der Waals surface area (Å²) in [5.41, 5.74) is 6.60. The highest BCUT2D eigenvalue weighted by Crippen LogP contribution is 2.26. The summed E-state index contributed by atoms with van der Waals surface area (Å²) in [6.07, 6.45) is 6.83. The van der Waals surface area contributed by atoms with Crippen LogP contribution in [-0.4, -0.2) is 30.2 Å². The molecule has 0 amide bonds. The van der Waals surface area contributed by atoms with Crippen molar-refractivity contribution in [2.24, 2.45) is 0 Å². The van der Waals surface area contributed by atoms with E-state index in [0.29, 0.717) is 36.4 Å². The lowest BCUT2D eigenvalue weighted by Gasteiger charge is -2.14. The van der Waals surface area contributed by atoms with Gasteiger partial charge in [-0.1, -0.05) is 39.5 Å². The quantitative estimate of drug-likeness (QED) is 0.576. The molecule has 1 aromatic heterocycles. The Bertz CT molecular complexity index is 427. The molecule has 0 saturated heterocycles. The second kappa shape index (κ2) is 11.1. The summed E-state index contributed by atoms with van der Waals surface area (Å²) in [6, 6.07) is 0. The topological polar surface area (TPSA) is 82.3 Å². The molecule has 1 heterocycles. The summed E-state index contributed by atoms with van der Waals surface area (Å²) in [6.45, 7) is 6.12. The van der Waals surface area contributed by atoms with Gasteiger partial charge in [-0.15, -0.1) is 0 Å². The maximum Gasteiger partial charge on any atom is 0.242 e. The monoisotopic (exact) mass is 310 g/mol. The van der Waals surface area contributed by atoms with Crippen molar-refractivity contribution in [2.75, 3.05) is 31.3 Å². The van der Waals surface area contributed by atoms with Crippen molar-refractivity contribution < 1.29 is 9.47 Å². The Balaban J connectivity index is 2.70. The summed E-state index contributed by atoms with van der Waals surface area (Å²) < 4.78 is 10.8. The fourth-order valence-corrected chi connectivity index (χ4v) is 2.00. The smallest absolute Gasteiger partial charge is 0.242 e. The second-order valence-corrected chi connectivity index (χ2v) is 5.33. The minimum absolute atomic E-state index is 0.342. The Morgan fingerprint density at radius 3 is 2.50 bits per heavy atom. The molecule has 3 N–H and O–H groups in total. The molecular weight excluding hydrogens is 280 g/mol. The first kappa shape index (κ1) is 18.5. The van der Waals surface area contributed by atoms with Gasteiger partial charge in [0.15, 0.2) is 11.6 Å². The second-order valence-electron chi connectivity index (χ2n) is 5.33. The molecule has 0 fully saturated rings. The van der Waals surface area contributed by atoms with E-state index >= 15 is 0 Å². The molecule has 6 nitrogen and oxygen atoms in total. The molecule has 0 bridgehead atoms. The summed E-state index contributed by atoms with van der Waals surface area (Å²) in [5.74, 6) is 1.68. The number of methoxy groups -OCH3 is 1. The minimum Gasteiger partial charge on any atom is -0.476 e. The number of ether oxygens (including phenoxy) is 2. The number of nitrogens with zero attached hydrogens (tertiary/aromatic N) is 2. The van der Waals surface area contributed by atoms with Crippen LogP contribution in [-0.2, 0) is 11.3 Å². The lowest BCUT2D eigenvalue weighted by atomic mass is 10.2. The van der Waals surface area contributed by atoms with E-state index in [1.807, 2.05) is 0 Å². The molecule has 6 heteroatoms. The Morgan fingerprint density at radius 1 is 1.05 bits per heavy atom. The molecule has 1 rings (SSSR count). The van der Waals surface area contributed by atoms with Crippen LogP contribution in [0.2, 0.25) is 0 Å². The molecule has 0 aliphatic rings. The number of unbranched alkanes of at least 4 members (excludes halogenated alkanes) is 4. The molecule has 0 aromatic carbocycles. The van der Waals surface area contributed by atoms with Crippen LogP contribution in [0.15, 0.2) is 0 Å². The van der Waals surface area contributed by atoms with Crippen molar-refractivity contribution in [1.29, 1.82) is 0 Å². The summed E-state index contributed by atoms with van der Waals surface area (Å²) in [5, 5.41) is 3.29. The van der Waals surface area contributed by atoms with Crippen molar-refractivity contribution in [3.8, 4) is 5.88 Å². The van der Waals surface area contributed by atoms with E-state index in [9.17, 15) is 0 Å². The van der Waals surface area contributed by atoms with Crippen LogP contribution in [0, 0.1) is 0 Å². The van der Waals surface area contributed by atoms with Crippen molar-refractivity contribution in [1.82, 2.24) is 9.97 Å². The van der Waals surface area contributed by atoms with Crippen LogP contribution in [0.5, 0.6) is 5.88 Å². The van der Waals surface area contributed by atoms with Crippen LogP contribution in [0.4, 0.5) is 11.5 Å². The van der Waals surface area contributed by atoms with Crippen LogP contribution in [0.1, 0.15) is 58.2 Å². The predicted octanol–water partition coefficient (Wildman–Crippen LogP) is 3.38. The largest absolute Gasteiger partial charge is 0.476 e. The summed E-state index contributed by atoms with van der Waals surface area (Å²) >= 11 is 0. The number of nitrogens with two attached hydrogens (primary N) is 1. The van der Waals surface area contributed by atoms with Gasteiger partial charge < -0.3 is 20.5 Å². The number of hydrogen-bond acceptors (Lipinski definition) is 6. The third-order valence-corrected chi connectivity index (χ3v) is 3.29. The van der Waals surface area contributed by atoms with E-state index in [1.165, 1.54) is 19.3 Å². The van der Waals surface area contributed by atoms with Gasteiger partial charge in [0.05, 0.1) is 6.61 Å². The van der Waals surface area contributed by atoms with Gasteiger partial charge in [-0.25, -0.2) is 4.98 Å². The van der Waals surface area contributed by atoms with Crippen molar-refractivity contribution in [3.63, 3.8) is 0 Å². The van der Waals surface area contributed by atoms with Gasteiger partial charge >= 0.3 is 0 Å². The van der Waals surface area contributed by atoms with Crippen molar-refractivity contribution in [3.05, 3.63) is 5.82 Å². The molecule has 1 aromatic rings. The van der Waals surface area contributed by atoms with Crippen LogP contribution in [0.25, 0.3) is 0 Å². The highest BCUT2D eigenvalue weighted by molar-refractivity contribution is 5.66. The SMILES string of the molecule is CCCCCCNc1nc(COC)nc(OCCCC)c1N. The molecule has 22 heavy (non-hydrogen) atoms. The average molecular weight is 310 g/mol. The van der Waals surface area contributed by atoms with Crippen LogP contribution >= 0.6 is 0 Å². The maximum atomic E-state index is 6.12. The van der Waals surface area contributed by atoms with Gasteiger partial charge in [0.2, 0.25) is 5.88 Å². The first-order valence-corrected chi connectivity index (χ1v) is 8.24. The van der Waals surface area contributed by atoms with Gasteiger partial charge in [0.1, 0.15) is 12.3 Å². The number of nitrogens with one attached hydrogen (secondary N) is 1. The zero-order valence-electron chi connectivity index (χ0n) is 14.2. The fourth-order valence-electron chi connectivity index (χ4n) is 2.00. The standard InChI is InChI=1S/C16H30N4O2/c1-4-6-8-9-10-18-15-14(17)16(22-11-7-5-2)20-13(19-15)12-21-3/h4-12,17H2,1-3H3,(H,18,19,20). The molecule has 126 valence electrons. The highest BCUT2D eigenvalue weighted by Gasteiger charge is 2.13. The summed E-state index contributed by atoms with van der Waals surface area (Å²) in [7, 11) is 1.62. The molecular formula is C16H30N4O2. The first-order valence-electron chi connectivity index (χ1n) is 8.24. The Hall–Kier alpha value is -1.56. The Labute approximate surface area is 133 Å². The Morgan fingerprint density at radius 2 is 1.82 bits per heavy atom. The van der Waals surface area contributed by atoms with Crippen LogP contribution in [0.3, 0.4) is 0 Å². The van der Waals surface area contributed by atoms with E-state index in [2.05, 4.69) is 29.1 Å². The van der Waals surface area contributed by atoms with Gasteiger partial charge in [-0.2, -0.15) is 4.98 Å². The number of rotatable bonds is 12. The third kappa shape index (κ3) is 6.47. The zero-order chi connectivity index (χ0) is 16.2. The van der Waals surface area contributed by atoms with Crippen molar-refractivity contribution >= 4 is 11.5 Å². The molecule has 0 atom stereocenters. The molecule has 0 spiro atoms. The van der Waals surface area contributed by atoms with E-state index in [4.69, 9.17) is 15.2 Å². The van der Waals surface area contributed by atoms with Gasteiger partial charge in [0.25, 0.3) is 0 Å².